The van der Waals surface area contributed by atoms with E-state index in [1.165, 1.54) is 24.1 Å². The second-order valence-corrected chi connectivity index (χ2v) is 5.47. The fourth-order valence-electron chi connectivity index (χ4n) is 2.36. The molecule has 4 heteroatoms. The predicted molar refractivity (Wildman–Crippen MR) is 86.3 cm³/mol. The number of hydrogen-bond acceptors (Lipinski definition) is 1. The number of para-hydroxylation sites is 1. The summed E-state index contributed by atoms with van der Waals surface area (Å²) in [6, 6.07) is 5.55. The first-order chi connectivity index (χ1) is 9.72. The van der Waals surface area contributed by atoms with Gasteiger partial charge in [-0.05, 0) is 42.9 Å². The summed E-state index contributed by atoms with van der Waals surface area (Å²) in [6.07, 6.45) is 5.45. The molecule has 0 unspecified atom stereocenters. The third-order valence-electron chi connectivity index (χ3n) is 3.40. The van der Waals surface area contributed by atoms with Crippen molar-refractivity contribution >= 4 is 23.2 Å². The number of nitrogens with zero attached hydrogens (tertiary/aromatic N) is 2. The van der Waals surface area contributed by atoms with Crippen LogP contribution in [-0.4, -0.2) is 9.78 Å². The fourth-order valence-corrected chi connectivity index (χ4v) is 2.92. The molecule has 0 aliphatic heterocycles. The Morgan fingerprint density at radius 2 is 1.80 bits per heavy atom. The van der Waals surface area contributed by atoms with Gasteiger partial charge in [-0.2, -0.15) is 5.10 Å². The lowest BCUT2D eigenvalue weighted by atomic mass is 10.1. The Balaban J connectivity index is 0.000000704. The van der Waals surface area contributed by atoms with Crippen molar-refractivity contribution in [2.75, 3.05) is 0 Å². The van der Waals surface area contributed by atoms with Crippen LogP contribution in [-0.2, 0) is 6.42 Å². The number of benzene rings is 1. The summed E-state index contributed by atoms with van der Waals surface area (Å²) < 4.78 is 1.90. The molecule has 1 heterocycles. The lowest BCUT2D eigenvalue weighted by Crippen LogP contribution is -2.04. The average Bonchev–Trinajstić information content (AvgIpc) is 3.22. The maximum atomic E-state index is 6.25. The van der Waals surface area contributed by atoms with E-state index < -0.39 is 0 Å². The van der Waals surface area contributed by atoms with Crippen molar-refractivity contribution < 1.29 is 0 Å². The number of halogens is 2. The van der Waals surface area contributed by atoms with Gasteiger partial charge in [0.1, 0.15) is 5.69 Å². The summed E-state index contributed by atoms with van der Waals surface area (Å²) >= 11 is 12.5. The zero-order valence-electron chi connectivity index (χ0n) is 12.2. The minimum absolute atomic E-state index is 0.641. The molecular formula is C16H20Cl2N2. The van der Waals surface area contributed by atoms with E-state index in [1.54, 1.807) is 0 Å². The van der Waals surface area contributed by atoms with Crippen molar-refractivity contribution in [3.05, 3.63) is 45.7 Å². The van der Waals surface area contributed by atoms with Gasteiger partial charge in [-0.3, -0.25) is 0 Å². The van der Waals surface area contributed by atoms with Gasteiger partial charge in [-0.15, -0.1) is 0 Å². The average molecular weight is 311 g/mol. The van der Waals surface area contributed by atoms with E-state index in [0.29, 0.717) is 16.0 Å². The molecule has 1 aromatic heterocycles. The van der Waals surface area contributed by atoms with Gasteiger partial charge in [0.2, 0.25) is 0 Å². The van der Waals surface area contributed by atoms with Gasteiger partial charge in [0.05, 0.1) is 16.2 Å². The smallest absolute Gasteiger partial charge is 0.102 e. The van der Waals surface area contributed by atoms with Crippen molar-refractivity contribution in [1.29, 1.82) is 0 Å². The van der Waals surface area contributed by atoms with Crippen molar-refractivity contribution in [2.45, 2.75) is 46.0 Å². The third kappa shape index (κ3) is 2.87. The number of aromatic nitrogens is 2. The largest absolute Gasteiger partial charge is 0.234 e. The summed E-state index contributed by atoms with van der Waals surface area (Å²) in [5.41, 5.74) is 3.38. The first kappa shape index (κ1) is 15.4. The van der Waals surface area contributed by atoms with Gasteiger partial charge >= 0.3 is 0 Å². The SMILES string of the molecule is CC.CCc1c(C2CC2)cnn1-c1c(Cl)cccc1Cl. The van der Waals surface area contributed by atoms with Crippen LogP contribution in [0.5, 0.6) is 0 Å². The quantitative estimate of drug-likeness (QED) is 0.716. The van der Waals surface area contributed by atoms with Crippen molar-refractivity contribution in [2.24, 2.45) is 0 Å². The van der Waals surface area contributed by atoms with Crippen LogP contribution in [0, 0.1) is 0 Å². The molecule has 20 heavy (non-hydrogen) atoms. The zero-order chi connectivity index (χ0) is 14.7. The van der Waals surface area contributed by atoms with Gasteiger partial charge in [0.25, 0.3) is 0 Å². The van der Waals surface area contributed by atoms with Gasteiger partial charge in [0, 0.05) is 5.69 Å². The summed E-state index contributed by atoms with van der Waals surface area (Å²) in [5.74, 6) is 0.690. The van der Waals surface area contributed by atoms with Crippen LogP contribution in [0.15, 0.2) is 24.4 Å². The molecule has 0 N–H and O–H groups in total. The van der Waals surface area contributed by atoms with Crippen LogP contribution in [0.4, 0.5) is 0 Å². The monoisotopic (exact) mass is 310 g/mol. The molecule has 0 radical (unpaired) electrons. The highest BCUT2D eigenvalue weighted by molar-refractivity contribution is 6.37. The summed E-state index contributed by atoms with van der Waals surface area (Å²) in [7, 11) is 0. The molecule has 1 aliphatic rings. The first-order valence-corrected chi connectivity index (χ1v) is 7.99. The highest BCUT2D eigenvalue weighted by Gasteiger charge is 2.28. The molecule has 0 amide bonds. The fraction of sp³-hybridized carbons (Fsp3) is 0.438. The second kappa shape index (κ2) is 6.64. The van der Waals surface area contributed by atoms with Crippen LogP contribution in [0.1, 0.15) is 50.8 Å². The van der Waals surface area contributed by atoms with Crippen LogP contribution in [0.3, 0.4) is 0 Å². The predicted octanol–water partition coefficient (Wildman–Crippen LogP) is 5.65. The Morgan fingerprint density at radius 1 is 1.20 bits per heavy atom. The highest BCUT2D eigenvalue weighted by atomic mass is 35.5. The maximum Gasteiger partial charge on any atom is 0.102 e. The van der Waals surface area contributed by atoms with E-state index in [1.807, 2.05) is 42.9 Å². The van der Waals surface area contributed by atoms with Gasteiger partial charge < -0.3 is 0 Å². The molecule has 0 bridgehead atoms. The topological polar surface area (TPSA) is 17.8 Å². The van der Waals surface area contributed by atoms with Crippen molar-refractivity contribution in [1.82, 2.24) is 9.78 Å². The summed E-state index contributed by atoms with van der Waals surface area (Å²) in [4.78, 5) is 0. The molecular weight excluding hydrogens is 291 g/mol. The molecule has 0 saturated heterocycles. The molecule has 1 saturated carbocycles. The van der Waals surface area contributed by atoms with Crippen molar-refractivity contribution in [3.8, 4) is 5.69 Å². The molecule has 1 aromatic carbocycles. The van der Waals surface area contributed by atoms with E-state index in [2.05, 4.69) is 12.0 Å². The molecule has 3 rings (SSSR count). The van der Waals surface area contributed by atoms with Crippen LogP contribution in [0.2, 0.25) is 10.0 Å². The van der Waals surface area contributed by atoms with Crippen LogP contribution < -0.4 is 0 Å². The lowest BCUT2D eigenvalue weighted by Gasteiger charge is -2.11. The Hall–Kier alpha value is -0.990. The Bertz CT molecular complexity index is 566. The first-order valence-electron chi connectivity index (χ1n) is 7.23. The van der Waals surface area contributed by atoms with E-state index >= 15 is 0 Å². The van der Waals surface area contributed by atoms with Gasteiger partial charge in [-0.25, -0.2) is 4.68 Å². The maximum absolute atomic E-state index is 6.25. The molecule has 0 atom stereocenters. The number of hydrogen-bond donors (Lipinski definition) is 0. The Kier molecular flexibility index (Phi) is 5.11. The van der Waals surface area contributed by atoms with E-state index in [-0.39, 0.29) is 0 Å². The molecule has 108 valence electrons. The molecule has 1 fully saturated rings. The standard InChI is InChI=1S/C14H14Cl2N2.C2H6/c1-2-13-10(9-6-7-9)8-17-18(13)14-11(15)4-3-5-12(14)16;1-2/h3-5,8-9H,2,6-7H2,1H3;1-2H3. The Morgan fingerprint density at radius 3 is 2.30 bits per heavy atom. The zero-order valence-corrected chi connectivity index (χ0v) is 13.7. The molecule has 0 spiro atoms. The summed E-state index contributed by atoms with van der Waals surface area (Å²) in [5, 5.41) is 5.77. The lowest BCUT2D eigenvalue weighted by molar-refractivity contribution is 0.808. The van der Waals surface area contributed by atoms with Gasteiger partial charge in [0.15, 0.2) is 0 Å². The summed E-state index contributed by atoms with van der Waals surface area (Å²) in [6.45, 7) is 6.14. The van der Waals surface area contributed by atoms with Crippen LogP contribution >= 0.6 is 23.2 Å². The van der Waals surface area contributed by atoms with E-state index in [9.17, 15) is 0 Å². The second-order valence-electron chi connectivity index (χ2n) is 4.66. The third-order valence-corrected chi connectivity index (χ3v) is 4.01. The Labute approximate surface area is 130 Å². The highest BCUT2D eigenvalue weighted by Crippen LogP contribution is 2.42. The molecule has 2 aromatic rings. The van der Waals surface area contributed by atoms with Gasteiger partial charge in [-0.1, -0.05) is 50.0 Å². The van der Waals surface area contributed by atoms with E-state index in [0.717, 1.165) is 12.1 Å². The normalized spacial score (nSPS) is 13.8. The molecule has 1 aliphatic carbocycles. The molecule has 2 nitrogen and oxygen atoms in total. The minimum Gasteiger partial charge on any atom is -0.234 e. The van der Waals surface area contributed by atoms with E-state index in [4.69, 9.17) is 23.2 Å². The number of rotatable bonds is 3. The van der Waals surface area contributed by atoms with Crippen LogP contribution in [0.25, 0.3) is 5.69 Å². The minimum atomic E-state index is 0.641. The van der Waals surface area contributed by atoms with Crippen molar-refractivity contribution in [3.63, 3.8) is 0 Å².